The van der Waals surface area contributed by atoms with E-state index < -0.39 is 12.0 Å². The Kier molecular flexibility index (Phi) is 13.3. The molecule has 2 heterocycles. The Morgan fingerprint density at radius 3 is 2.88 bits per heavy atom. The van der Waals surface area contributed by atoms with Gasteiger partial charge in [0.15, 0.2) is 5.82 Å². The van der Waals surface area contributed by atoms with Crippen molar-refractivity contribution < 1.29 is 14.3 Å². The van der Waals surface area contributed by atoms with E-state index in [1.807, 2.05) is 0 Å². The Morgan fingerprint density at radius 1 is 1.23 bits per heavy atom. The molecule has 0 amide bonds. The van der Waals surface area contributed by atoms with Crippen LogP contribution >= 0.6 is 0 Å². The monoisotopic (exact) mass is 553 g/mol. The number of carboxylic acid groups (broad SMARTS) is 1. The van der Waals surface area contributed by atoms with E-state index in [2.05, 4.69) is 49.6 Å². The average Bonchev–Trinajstić information content (AvgIpc) is 2.95. The number of nitrogens with two attached hydrogens (primary N) is 1. The zero-order valence-electron chi connectivity index (χ0n) is 23.6. The highest BCUT2D eigenvalue weighted by atomic mass is 19.1. The van der Waals surface area contributed by atoms with E-state index in [4.69, 9.17) is 5.73 Å². The van der Waals surface area contributed by atoms with Crippen molar-refractivity contribution in [2.75, 3.05) is 38.2 Å². The molecule has 1 aromatic heterocycles. The predicted molar refractivity (Wildman–Crippen MR) is 159 cm³/mol. The van der Waals surface area contributed by atoms with Crippen LogP contribution in [-0.2, 0) is 4.79 Å². The molecule has 1 atom stereocenters. The van der Waals surface area contributed by atoms with Gasteiger partial charge in [-0.25, -0.2) is 19.8 Å². The van der Waals surface area contributed by atoms with Crippen LogP contribution in [0.3, 0.4) is 0 Å². The van der Waals surface area contributed by atoms with Crippen LogP contribution < -0.4 is 16.4 Å². The molecule has 40 heavy (non-hydrogen) atoms. The third-order valence-corrected chi connectivity index (χ3v) is 7.32. The summed E-state index contributed by atoms with van der Waals surface area (Å²) in [6.07, 6.45) is 18.7. The van der Waals surface area contributed by atoms with Gasteiger partial charge in [0.2, 0.25) is 0 Å². The lowest BCUT2D eigenvalue weighted by Gasteiger charge is -2.25. The average molecular weight is 554 g/mol. The quantitative estimate of drug-likeness (QED) is 0.166. The van der Waals surface area contributed by atoms with Crippen molar-refractivity contribution in [1.29, 1.82) is 0 Å². The molecule has 2 aliphatic rings. The molecule has 0 saturated carbocycles. The number of allylic oxidation sites excluding steroid dienone is 7. The van der Waals surface area contributed by atoms with Crippen molar-refractivity contribution >= 4 is 23.8 Å². The Balaban J connectivity index is 1.51. The highest BCUT2D eigenvalue weighted by Gasteiger charge is 2.20. The number of halogens is 1. The summed E-state index contributed by atoms with van der Waals surface area (Å²) in [5.41, 5.74) is 11.0. The van der Waals surface area contributed by atoms with E-state index in [9.17, 15) is 14.3 Å². The third-order valence-electron chi connectivity index (χ3n) is 7.32. The second kappa shape index (κ2) is 17.2. The number of alkyl halides is 1. The standard InChI is InChI=1S/C30H44FN7O2/c1-23-9-12-26-25(8-4-16-33-26)11-10-24(23)7-2-3-18-38(19-5-14-31)20-13-27(30(39)40)37-29-21-28(35-22-36-29)34-17-6-15-32/h6,10-11,15,17,21-22,27,33H,2-5,7-9,12-14,16,18-20,32H2,1H3,(H,39,40)(H,35,36,37)/b11-10-,15-6?,24-23+,34-17?. The lowest BCUT2D eigenvalue weighted by atomic mass is 9.91. The van der Waals surface area contributed by atoms with Crippen LogP contribution in [0.1, 0.15) is 64.7 Å². The Labute approximate surface area is 237 Å². The first-order chi connectivity index (χ1) is 19.5. The summed E-state index contributed by atoms with van der Waals surface area (Å²) in [5.74, 6) is -0.198. The van der Waals surface area contributed by atoms with E-state index in [0.29, 0.717) is 37.6 Å². The van der Waals surface area contributed by atoms with E-state index >= 15 is 0 Å². The van der Waals surface area contributed by atoms with Gasteiger partial charge in [0.25, 0.3) is 0 Å². The van der Waals surface area contributed by atoms with Crippen molar-refractivity contribution in [3.63, 3.8) is 0 Å². The molecule has 0 spiro atoms. The number of carbonyl (C=O) groups is 1. The lowest BCUT2D eigenvalue weighted by molar-refractivity contribution is -0.138. The van der Waals surface area contributed by atoms with Crippen molar-refractivity contribution in [3.8, 4) is 0 Å². The lowest BCUT2D eigenvalue weighted by Crippen LogP contribution is -2.36. The number of anilines is 1. The Bertz CT molecular complexity index is 1110. The van der Waals surface area contributed by atoms with E-state index in [1.165, 1.54) is 47.6 Å². The molecule has 0 fully saturated rings. The maximum Gasteiger partial charge on any atom is 0.326 e. The molecule has 10 heteroatoms. The summed E-state index contributed by atoms with van der Waals surface area (Å²) in [5, 5.41) is 16.4. The normalized spacial score (nSPS) is 19.4. The first kappa shape index (κ1) is 31.0. The zero-order valence-corrected chi connectivity index (χ0v) is 23.6. The van der Waals surface area contributed by atoms with Crippen molar-refractivity contribution in [2.24, 2.45) is 10.7 Å². The smallest absolute Gasteiger partial charge is 0.326 e. The molecule has 1 aliphatic heterocycles. The van der Waals surface area contributed by atoms with Gasteiger partial charge in [-0.15, -0.1) is 0 Å². The molecule has 0 radical (unpaired) electrons. The number of hydrogen-bond acceptors (Lipinski definition) is 8. The van der Waals surface area contributed by atoms with Gasteiger partial charge >= 0.3 is 5.97 Å². The molecule has 9 nitrogen and oxygen atoms in total. The molecule has 1 aromatic rings. The van der Waals surface area contributed by atoms with Crippen LogP contribution in [-0.4, -0.2) is 71.1 Å². The van der Waals surface area contributed by atoms with Gasteiger partial charge < -0.3 is 26.4 Å². The van der Waals surface area contributed by atoms with Crippen LogP contribution in [0, 0.1) is 0 Å². The number of carboxylic acids is 1. The van der Waals surface area contributed by atoms with Gasteiger partial charge in [0.1, 0.15) is 18.2 Å². The number of rotatable bonds is 16. The molecule has 0 aromatic carbocycles. The number of aliphatic carboxylic acids is 1. The number of aromatic nitrogens is 2. The number of unbranched alkanes of at least 4 members (excludes halogenated alkanes) is 1. The number of aliphatic imine (C=N–C) groups is 1. The van der Waals surface area contributed by atoms with Gasteiger partial charge in [-0.1, -0.05) is 17.7 Å². The Hall–Kier alpha value is -3.53. The molecule has 1 unspecified atom stereocenters. The maximum atomic E-state index is 13.0. The summed E-state index contributed by atoms with van der Waals surface area (Å²) >= 11 is 0. The van der Waals surface area contributed by atoms with Crippen LogP contribution in [0.15, 0.2) is 64.2 Å². The highest BCUT2D eigenvalue weighted by Crippen LogP contribution is 2.28. The molecule has 3 rings (SSSR count). The summed E-state index contributed by atoms with van der Waals surface area (Å²) < 4.78 is 13.0. The fourth-order valence-electron chi connectivity index (χ4n) is 5.01. The minimum atomic E-state index is -0.968. The van der Waals surface area contributed by atoms with Crippen LogP contribution in [0.2, 0.25) is 0 Å². The largest absolute Gasteiger partial charge is 0.480 e. The molecular weight excluding hydrogens is 509 g/mol. The second-order valence-corrected chi connectivity index (χ2v) is 10.3. The summed E-state index contributed by atoms with van der Waals surface area (Å²) in [6.45, 7) is 4.90. The number of hydrogen-bond donors (Lipinski definition) is 4. The molecule has 218 valence electrons. The fourth-order valence-corrected chi connectivity index (χ4v) is 5.01. The molecule has 5 N–H and O–H groups in total. The van der Waals surface area contributed by atoms with Crippen molar-refractivity contribution in [2.45, 2.75) is 70.8 Å². The number of nitrogens with one attached hydrogen (secondary N) is 2. The van der Waals surface area contributed by atoms with E-state index in [-0.39, 0.29) is 6.67 Å². The van der Waals surface area contributed by atoms with E-state index in [0.717, 1.165) is 51.6 Å². The van der Waals surface area contributed by atoms with Gasteiger partial charge in [-0.05, 0) is 94.7 Å². The topological polar surface area (TPSA) is 129 Å². The second-order valence-electron chi connectivity index (χ2n) is 10.3. The van der Waals surface area contributed by atoms with Gasteiger partial charge in [-0.3, -0.25) is 4.39 Å². The van der Waals surface area contributed by atoms with E-state index in [1.54, 1.807) is 12.1 Å². The van der Waals surface area contributed by atoms with Crippen LogP contribution in [0.5, 0.6) is 0 Å². The summed E-state index contributed by atoms with van der Waals surface area (Å²) in [4.78, 5) is 26.5. The summed E-state index contributed by atoms with van der Waals surface area (Å²) in [7, 11) is 0. The molecule has 1 aliphatic carbocycles. The van der Waals surface area contributed by atoms with Crippen molar-refractivity contribution in [1.82, 2.24) is 20.2 Å². The maximum absolute atomic E-state index is 13.0. The van der Waals surface area contributed by atoms with Crippen molar-refractivity contribution in [3.05, 3.63) is 59.2 Å². The number of nitrogens with zero attached hydrogens (tertiary/aromatic N) is 4. The minimum Gasteiger partial charge on any atom is -0.480 e. The predicted octanol–water partition coefficient (Wildman–Crippen LogP) is 5.04. The van der Waals surface area contributed by atoms with Gasteiger partial charge in [0.05, 0.1) is 6.67 Å². The highest BCUT2D eigenvalue weighted by molar-refractivity contribution is 5.77. The molecule has 0 bridgehead atoms. The van der Waals surface area contributed by atoms with Gasteiger partial charge in [0, 0.05) is 37.6 Å². The molecular formula is C30H44FN7O2. The zero-order chi connectivity index (χ0) is 28.6. The minimum absolute atomic E-state index is 0.360. The van der Waals surface area contributed by atoms with Gasteiger partial charge in [-0.2, -0.15) is 0 Å². The first-order valence-corrected chi connectivity index (χ1v) is 14.3. The SMILES string of the molecule is C/C1=C(CCCCN(CCCF)CCC(Nc2cc(N=CC=CN)ncn2)C(=O)O)\C=C/C2=C(CC1)NCCC2. The first-order valence-electron chi connectivity index (χ1n) is 14.3. The van der Waals surface area contributed by atoms with Crippen LogP contribution in [0.25, 0.3) is 0 Å². The Morgan fingerprint density at radius 2 is 2.08 bits per heavy atom. The summed E-state index contributed by atoms with van der Waals surface area (Å²) in [6, 6.07) is 0.741. The molecule has 0 saturated heterocycles. The third kappa shape index (κ3) is 10.6. The van der Waals surface area contributed by atoms with Crippen LogP contribution in [0.4, 0.5) is 16.0 Å². The fraction of sp³-hybridized carbons (Fsp3) is 0.533.